The van der Waals surface area contributed by atoms with Crippen LogP contribution in [0.1, 0.15) is 58.2 Å². The van der Waals surface area contributed by atoms with Gasteiger partial charge in [-0.25, -0.2) is 8.42 Å². The van der Waals surface area contributed by atoms with Gasteiger partial charge in [-0.05, 0) is 34.1 Å². The van der Waals surface area contributed by atoms with Crippen molar-refractivity contribution in [1.29, 1.82) is 0 Å². The summed E-state index contributed by atoms with van der Waals surface area (Å²) >= 11 is -4.20. The summed E-state index contributed by atoms with van der Waals surface area (Å²) in [7, 11) is 0. The first-order valence-corrected chi connectivity index (χ1v) is 10.5. The molecule has 0 saturated heterocycles. The lowest BCUT2D eigenvalue weighted by Crippen LogP contribution is -2.17. The molecule has 0 aliphatic rings. The largest absolute Gasteiger partial charge is 0.507 e. The van der Waals surface area contributed by atoms with Crippen LogP contribution < -0.4 is 0 Å². The van der Waals surface area contributed by atoms with Crippen molar-refractivity contribution in [2.45, 2.75) is 52.4 Å². The molecule has 25 heavy (non-hydrogen) atoms. The normalized spacial score (nSPS) is 14.9. The van der Waals surface area contributed by atoms with Crippen molar-refractivity contribution in [1.82, 2.24) is 0 Å². The van der Waals surface area contributed by atoms with E-state index in [-0.39, 0.29) is 28.1 Å². The van der Waals surface area contributed by atoms with Crippen LogP contribution in [0.5, 0.6) is 5.75 Å². The average Bonchev–Trinajstić information content (AvgIpc) is 2.36. The summed E-state index contributed by atoms with van der Waals surface area (Å²) in [6, 6.07) is 3.65. The van der Waals surface area contributed by atoms with Gasteiger partial charge in [0.2, 0.25) is 0 Å². The van der Waals surface area contributed by atoms with E-state index in [0.29, 0.717) is 5.57 Å². The highest BCUT2D eigenvalue weighted by Crippen LogP contribution is 2.40. The highest BCUT2D eigenvalue weighted by atomic mass is 32.2. The number of hydrogen-bond acceptors (Lipinski definition) is 3. The van der Waals surface area contributed by atoms with Gasteiger partial charge in [0.25, 0.3) is 0 Å². The number of hydrogen-bond donors (Lipinski definition) is 3. The topological polar surface area (TPSA) is 94.8 Å². The highest BCUT2D eigenvalue weighted by Gasteiger charge is 2.26. The second-order valence-corrected chi connectivity index (χ2v) is 10.1. The summed E-state index contributed by atoms with van der Waals surface area (Å²) in [4.78, 5) is 0. The van der Waals surface area contributed by atoms with E-state index in [1.165, 1.54) is 0 Å². The third kappa shape index (κ3) is 6.66. The fourth-order valence-corrected chi connectivity index (χ4v) is 3.70. The van der Waals surface area contributed by atoms with Crippen LogP contribution >= 0.6 is 0 Å². The van der Waals surface area contributed by atoms with E-state index in [2.05, 4.69) is 0 Å². The molecule has 0 spiro atoms. The number of rotatable bonds is 5. The Morgan fingerprint density at radius 3 is 1.56 bits per heavy atom. The van der Waals surface area contributed by atoms with Gasteiger partial charge in [0, 0.05) is 11.1 Å². The smallest absolute Gasteiger partial charge is 0.157 e. The molecule has 2 unspecified atom stereocenters. The fourth-order valence-electron chi connectivity index (χ4n) is 2.56. The molecule has 142 valence electrons. The van der Waals surface area contributed by atoms with Crippen LogP contribution in [0.25, 0.3) is 6.08 Å². The van der Waals surface area contributed by atoms with Crippen LogP contribution in [-0.2, 0) is 33.0 Å². The lowest BCUT2D eigenvalue weighted by molar-refractivity contribution is 0.423. The maximum atomic E-state index is 11.1. The van der Waals surface area contributed by atoms with Gasteiger partial charge in [-0.3, -0.25) is 0 Å². The minimum atomic E-state index is -2.10. The first-order valence-electron chi connectivity index (χ1n) is 7.94. The van der Waals surface area contributed by atoms with Gasteiger partial charge in [-0.2, -0.15) is 0 Å². The maximum absolute atomic E-state index is 11.1. The number of phenols is 1. The lowest BCUT2D eigenvalue weighted by Gasteiger charge is -2.28. The van der Waals surface area contributed by atoms with Gasteiger partial charge >= 0.3 is 0 Å². The molecule has 1 aromatic carbocycles. The highest BCUT2D eigenvalue weighted by molar-refractivity contribution is 7.80. The summed E-state index contributed by atoms with van der Waals surface area (Å²) in [6.45, 7) is 12.0. The standard InChI is InChI=1S/C18H28O5S2/c1-17(2,3)14-8-12(9-15(16(14)19)18(4,5)6)7-13(10-24(20)21)11-25(22)23/h7-9,19H,10-11H2,1-6H3,(H,20,21)(H,22,23). The van der Waals surface area contributed by atoms with Gasteiger partial charge < -0.3 is 14.2 Å². The van der Waals surface area contributed by atoms with Crippen molar-refractivity contribution in [2.24, 2.45) is 0 Å². The molecule has 0 radical (unpaired) electrons. The lowest BCUT2D eigenvalue weighted by atomic mass is 9.78. The van der Waals surface area contributed by atoms with E-state index in [1.807, 2.05) is 53.7 Å². The second-order valence-electron chi connectivity index (χ2n) is 8.20. The van der Waals surface area contributed by atoms with Gasteiger partial charge in [0.1, 0.15) is 5.75 Å². The van der Waals surface area contributed by atoms with Crippen LogP contribution in [0.15, 0.2) is 17.7 Å². The zero-order valence-corrected chi connectivity index (χ0v) is 17.3. The number of phenolic OH excluding ortho intramolecular Hbond substituents is 1. The molecule has 5 nitrogen and oxygen atoms in total. The molecule has 1 rings (SSSR count). The van der Waals surface area contributed by atoms with E-state index in [1.54, 1.807) is 6.08 Å². The second kappa shape index (κ2) is 8.12. The molecule has 0 heterocycles. The predicted molar refractivity (Wildman–Crippen MR) is 105 cm³/mol. The Hall–Kier alpha value is -1.02. The summed E-state index contributed by atoms with van der Waals surface area (Å²) in [5.74, 6) is -0.138. The van der Waals surface area contributed by atoms with Gasteiger partial charge in [-0.1, -0.05) is 47.6 Å². The number of aromatic hydroxyl groups is 1. The van der Waals surface area contributed by atoms with Crippen LogP contribution in [0, 0.1) is 0 Å². The first kappa shape index (κ1) is 22.0. The van der Waals surface area contributed by atoms with Crippen molar-refractivity contribution >= 4 is 28.2 Å². The van der Waals surface area contributed by atoms with Crippen molar-refractivity contribution in [3.63, 3.8) is 0 Å². The van der Waals surface area contributed by atoms with Crippen LogP contribution in [-0.4, -0.2) is 34.1 Å². The average molecular weight is 389 g/mol. The van der Waals surface area contributed by atoms with Gasteiger partial charge in [-0.15, -0.1) is 0 Å². The SMILES string of the molecule is CC(C)(C)c1cc(C=C(CS(=O)O)CS(=O)O)cc(C(C)(C)C)c1O. The van der Waals surface area contributed by atoms with Gasteiger partial charge in [0.05, 0.1) is 11.5 Å². The third-order valence-electron chi connectivity index (χ3n) is 3.74. The van der Waals surface area contributed by atoms with Crippen LogP contribution in [0.2, 0.25) is 0 Å². The molecule has 0 aliphatic carbocycles. The first-order chi connectivity index (χ1) is 11.2. The van der Waals surface area contributed by atoms with Crippen molar-refractivity contribution in [3.8, 4) is 5.75 Å². The molecule has 0 aromatic heterocycles. The van der Waals surface area contributed by atoms with Gasteiger partial charge in [0.15, 0.2) is 22.2 Å². The zero-order valence-electron chi connectivity index (χ0n) is 15.6. The summed E-state index contributed by atoms with van der Waals surface area (Å²) in [6.07, 6.45) is 1.66. The molecule has 7 heteroatoms. The molecule has 3 N–H and O–H groups in total. The van der Waals surface area contributed by atoms with E-state index >= 15 is 0 Å². The van der Waals surface area contributed by atoms with Crippen molar-refractivity contribution < 1.29 is 22.6 Å². The monoisotopic (exact) mass is 388 g/mol. The van der Waals surface area contributed by atoms with Crippen molar-refractivity contribution in [3.05, 3.63) is 34.4 Å². The Labute approximate surface area is 155 Å². The molecule has 0 amide bonds. The summed E-state index contributed by atoms with van der Waals surface area (Å²) in [5, 5.41) is 10.7. The van der Waals surface area contributed by atoms with Crippen LogP contribution in [0.4, 0.5) is 0 Å². The molecule has 0 fully saturated rings. The minimum Gasteiger partial charge on any atom is -0.507 e. The Kier molecular flexibility index (Phi) is 7.15. The summed E-state index contributed by atoms with van der Waals surface area (Å²) in [5.41, 5.74) is 2.08. The molecular weight excluding hydrogens is 360 g/mol. The Morgan fingerprint density at radius 1 is 0.920 bits per heavy atom. The fraction of sp³-hybridized carbons (Fsp3) is 0.556. The predicted octanol–water partition coefficient (Wildman–Crippen LogP) is 3.81. The van der Waals surface area contributed by atoms with E-state index in [4.69, 9.17) is 9.11 Å². The zero-order chi connectivity index (χ0) is 19.6. The van der Waals surface area contributed by atoms with Crippen LogP contribution in [0.3, 0.4) is 0 Å². The van der Waals surface area contributed by atoms with E-state index in [0.717, 1.165) is 16.7 Å². The molecular formula is C18H28O5S2. The molecule has 0 bridgehead atoms. The molecule has 0 aliphatic heterocycles. The Morgan fingerprint density at radius 2 is 1.28 bits per heavy atom. The third-order valence-corrected chi connectivity index (χ3v) is 4.97. The maximum Gasteiger partial charge on any atom is 0.157 e. The molecule has 0 saturated carbocycles. The quantitative estimate of drug-likeness (QED) is 0.667. The summed E-state index contributed by atoms with van der Waals surface area (Å²) < 4.78 is 40.5. The minimum absolute atomic E-state index is 0.192. The van der Waals surface area contributed by atoms with Crippen molar-refractivity contribution in [2.75, 3.05) is 11.5 Å². The van der Waals surface area contributed by atoms with E-state index in [9.17, 15) is 13.5 Å². The number of benzene rings is 1. The molecule has 2 atom stereocenters. The van der Waals surface area contributed by atoms with E-state index < -0.39 is 22.2 Å². The molecule has 1 aromatic rings. The Bertz CT molecular complexity index is 656. The Balaban J connectivity index is 3.60.